The van der Waals surface area contributed by atoms with Gasteiger partial charge in [0, 0.05) is 4.90 Å². The first-order chi connectivity index (χ1) is 5.70. The van der Waals surface area contributed by atoms with E-state index in [-0.39, 0.29) is 0 Å². The number of benzene rings is 1. The summed E-state index contributed by atoms with van der Waals surface area (Å²) in [5.74, 6) is 0. The van der Waals surface area contributed by atoms with Crippen LogP contribution in [-0.2, 0) is 0 Å². The minimum Gasteiger partial charge on any atom is -0.398 e. The van der Waals surface area contributed by atoms with Crippen molar-refractivity contribution in [3.8, 4) is 0 Å². The highest BCUT2D eigenvalue weighted by atomic mass is 32.1. The lowest BCUT2D eigenvalue weighted by atomic mass is 10.1. The second-order valence-electron chi connectivity index (χ2n) is 2.77. The van der Waals surface area contributed by atoms with Crippen molar-refractivity contribution in [3.63, 3.8) is 0 Å². The van der Waals surface area contributed by atoms with Gasteiger partial charge < -0.3 is 5.73 Å². The molecule has 3 heteroatoms. The summed E-state index contributed by atoms with van der Waals surface area (Å²) < 4.78 is 1.17. The van der Waals surface area contributed by atoms with E-state index >= 15 is 0 Å². The highest BCUT2D eigenvalue weighted by Gasteiger charge is 2.05. The predicted octanol–water partition coefficient (Wildman–Crippen LogP) is 3.08. The van der Waals surface area contributed by atoms with Crippen molar-refractivity contribution in [2.24, 2.45) is 0 Å². The molecule has 0 radical (unpaired) electrons. The molecular weight excluding hydrogens is 186 g/mol. The Morgan fingerprint density at radius 2 is 2.25 bits per heavy atom. The van der Waals surface area contributed by atoms with Crippen LogP contribution in [0.3, 0.4) is 0 Å². The Labute approximate surface area is 80.6 Å². The molecule has 1 heterocycles. The molecule has 0 bridgehead atoms. The van der Waals surface area contributed by atoms with Gasteiger partial charge in [-0.05, 0) is 35.4 Å². The third-order valence-corrected chi connectivity index (χ3v) is 3.44. The Bertz CT molecular complexity index is 431. The van der Waals surface area contributed by atoms with Crippen LogP contribution < -0.4 is 5.73 Å². The van der Waals surface area contributed by atoms with Crippen LogP contribution >= 0.6 is 24.0 Å². The SMILES string of the molecule is Cc1c(S)cc(N)c2sccc12. The highest BCUT2D eigenvalue weighted by molar-refractivity contribution is 7.80. The fraction of sp³-hybridized carbons (Fsp3) is 0.111. The van der Waals surface area contributed by atoms with Crippen LogP contribution in [0.1, 0.15) is 5.56 Å². The molecule has 1 nitrogen and oxygen atoms in total. The quantitative estimate of drug-likeness (QED) is 0.490. The van der Waals surface area contributed by atoms with Gasteiger partial charge in [-0.3, -0.25) is 0 Å². The molecule has 0 aliphatic rings. The number of aryl methyl sites for hydroxylation is 1. The number of anilines is 1. The normalized spacial score (nSPS) is 10.8. The van der Waals surface area contributed by atoms with Gasteiger partial charge in [0.25, 0.3) is 0 Å². The molecule has 0 saturated heterocycles. The van der Waals surface area contributed by atoms with E-state index in [2.05, 4.69) is 31.0 Å². The smallest absolute Gasteiger partial charge is 0.0575 e. The molecule has 2 N–H and O–H groups in total. The lowest BCUT2D eigenvalue weighted by Crippen LogP contribution is -1.87. The van der Waals surface area contributed by atoms with E-state index in [0.29, 0.717) is 0 Å². The molecule has 1 aromatic carbocycles. The average molecular weight is 195 g/mol. The lowest BCUT2D eigenvalue weighted by Gasteiger charge is -2.03. The minimum absolute atomic E-state index is 0.829. The van der Waals surface area contributed by atoms with E-state index in [4.69, 9.17) is 5.73 Å². The third-order valence-electron chi connectivity index (χ3n) is 2.01. The molecular formula is C9H9NS2. The lowest BCUT2D eigenvalue weighted by molar-refractivity contribution is 1.36. The number of hydrogen-bond acceptors (Lipinski definition) is 3. The van der Waals surface area contributed by atoms with Gasteiger partial charge >= 0.3 is 0 Å². The molecule has 1 aromatic heterocycles. The molecule has 0 aliphatic carbocycles. The van der Waals surface area contributed by atoms with Crippen molar-refractivity contribution in [3.05, 3.63) is 23.1 Å². The first-order valence-electron chi connectivity index (χ1n) is 3.65. The predicted molar refractivity (Wildman–Crippen MR) is 58.2 cm³/mol. The van der Waals surface area contributed by atoms with Gasteiger partial charge in [-0.15, -0.1) is 24.0 Å². The van der Waals surface area contributed by atoms with Crippen LogP contribution in [0.25, 0.3) is 10.1 Å². The number of thiol groups is 1. The van der Waals surface area contributed by atoms with Crippen molar-refractivity contribution < 1.29 is 0 Å². The number of nitrogen functional groups attached to an aromatic ring is 1. The maximum atomic E-state index is 5.83. The van der Waals surface area contributed by atoms with Gasteiger partial charge in [-0.2, -0.15) is 0 Å². The third kappa shape index (κ3) is 1.01. The van der Waals surface area contributed by atoms with E-state index in [1.807, 2.05) is 6.07 Å². The molecule has 0 fully saturated rings. The van der Waals surface area contributed by atoms with E-state index in [0.717, 1.165) is 10.6 Å². The summed E-state index contributed by atoms with van der Waals surface area (Å²) in [4.78, 5) is 0.971. The molecule has 62 valence electrons. The summed E-state index contributed by atoms with van der Waals surface area (Å²) in [6.45, 7) is 2.07. The van der Waals surface area contributed by atoms with Gasteiger partial charge in [0.1, 0.15) is 0 Å². The maximum absolute atomic E-state index is 5.83. The van der Waals surface area contributed by atoms with Crippen molar-refractivity contribution >= 4 is 39.7 Å². The van der Waals surface area contributed by atoms with Crippen molar-refractivity contribution in [2.75, 3.05) is 5.73 Å². The number of nitrogens with two attached hydrogens (primary N) is 1. The summed E-state index contributed by atoms with van der Waals surface area (Å²) in [5.41, 5.74) is 7.87. The van der Waals surface area contributed by atoms with E-state index < -0.39 is 0 Å². The Balaban J connectivity index is 2.97. The molecule has 0 aliphatic heterocycles. The Kier molecular flexibility index (Phi) is 1.77. The van der Waals surface area contributed by atoms with E-state index in [1.54, 1.807) is 11.3 Å². The molecule has 0 saturated carbocycles. The standard InChI is InChI=1S/C9H9NS2/c1-5-6-2-3-12-9(6)7(10)4-8(5)11/h2-4,11H,10H2,1H3. The molecule has 0 unspecified atom stereocenters. The van der Waals surface area contributed by atoms with Gasteiger partial charge in [0.15, 0.2) is 0 Å². The number of thiophene rings is 1. The van der Waals surface area contributed by atoms with Crippen molar-refractivity contribution in [2.45, 2.75) is 11.8 Å². The molecule has 2 aromatic rings. The zero-order chi connectivity index (χ0) is 8.72. The first kappa shape index (κ1) is 7.95. The summed E-state index contributed by atoms with van der Waals surface area (Å²) in [6.07, 6.45) is 0. The Morgan fingerprint density at radius 1 is 1.50 bits per heavy atom. The zero-order valence-electron chi connectivity index (χ0n) is 6.66. The molecule has 2 rings (SSSR count). The number of hydrogen-bond donors (Lipinski definition) is 2. The molecule has 0 spiro atoms. The van der Waals surface area contributed by atoms with Crippen LogP contribution in [0.15, 0.2) is 22.4 Å². The second-order valence-corrected chi connectivity index (χ2v) is 4.17. The summed E-state index contributed by atoms with van der Waals surface area (Å²) in [6, 6.07) is 4.00. The molecule has 0 atom stereocenters. The number of rotatable bonds is 0. The topological polar surface area (TPSA) is 26.0 Å². The number of fused-ring (bicyclic) bond motifs is 1. The van der Waals surface area contributed by atoms with Gasteiger partial charge in [-0.25, -0.2) is 0 Å². The van der Waals surface area contributed by atoms with Gasteiger partial charge in [-0.1, -0.05) is 0 Å². The van der Waals surface area contributed by atoms with Crippen molar-refractivity contribution in [1.82, 2.24) is 0 Å². The molecule has 0 amide bonds. The minimum atomic E-state index is 0.829. The first-order valence-corrected chi connectivity index (χ1v) is 4.98. The van der Waals surface area contributed by atoms with Crippen LogP contribution in [0.2, 0.25) is 0 Å². The summed E-state index contributed by atoms with van der Waals surface area (Å²) >= 11 is 6.02. The summed E-state index contributed by atoms with van der Waals surface area (Å²) in [7, 11) is 0. The van der Waals surface area contributed by atoms with E-state index in [1.165, 1.54) is 15.6 Å². The van der Waals surface area contributed by atoms with Crippen LogP contribution in [0.4, 0.5) is 5.69 Å². The van der Waals surface area contributed by atoms with Crippen LogP contribution in [-0.4, -0.2) is 0 Å². The zero-order valence-corrected chi connectivity index (χ0v) is 8.38. The maximum Gasteiger partial charge on any atom is 0.0575 e. The van der Waals surface area contributed by atoms with Crippen molar-refractivity contribution in [1.29, 1.82) is 0 Å². The summed E-state index contributed by atoms with van der Waals surface area (Å²) in [5, 5.41) is 3.28. The second kappa shape index (κ2) is 2.68. The Hall–Kier alpha value is -0.670. The monoisotopic (exact) mass is 195 g/mol. The van der Waals surface area contributed by atoms with Crippen LogP contribution in [0, 0.1) is 6.92 Å². The molecule has 12 heavy (non-hydrogen) atoms. The fourth-order valence-electron chi connectivity index (χ4n) is 1.29. The highest BCUT2D eigenvalue weighted by Crippen LogP contribution is 2.33. The largest absolute Gasteiger partial charge is 0.398 e. The van der Waals surface area contributed by atoms with Gasteiger partial charge in [0.2, 0.25) is 0 Å². The van der Waals surface area contributed by atoms with Crippen LogP contribution in [0.5, 0.6) is 0 Å². The van der Waals surface area contributed by atoms with E-state index in [9.17, 15) is 0 Å². The van der Waals surface area contributed by atoms with Gasteiger partial charge in [0.05, 0.1) is 10.4 Å². The fourth-order valence-corrected chi connectivity index (χ4v) is 2.43. The average Bonchev–Trinajstić information content (AvgIpc) is 2.48. The Morgan fingerprint density at radius 3 is 3.00 bits per heavy atom.